The molecule has 0 aliphatic rings. The fourth-order valence-corrected chi connectivity index (χ4v) is 2.54. The molecule has 2 aromatic rings. The van der Waals surface area contributed by atoms with Crippen molar-refractivity contribution in [3.8, 4) is 0 Å². The van der Waals surface area contributed by atoms with Gasteiger partial charge in [0, 0.05) is 28.7 Å². The number of rotatable bonds is 7. The van der Waals surface area contributed by atoms with Gasteiger partial charge in [0.1, 0.15) is 0 Å². The topological polar surface area (TPSA) is 58.2 Å². The molecule has 0 aromatic heterocycles. The van der Waals surface area contributed by atoms with Crippen molar-refractivity contribution in [3.63, 3.8) is 0 Å². The van der Waals surface area contributed by atoms with Gasteiger partial charge in [-0.2, -0.15) is 0 Å². The largest absolute Gasteiger partial charge is 0.352 e. The Morgan fingerprint density at radius 2 is 1.72 bits per heavy atom. The second-order valence-corrected chi connectivity index (χ2v) is 6.44. The molecule has 0 spiro atoms. The lowest BCUT2D eigenvalue weighted by Crippen LogP contribution is -2.32. The van der Waals surface area contributed by atoms with Crippen LogP contribution in [0.25, 0.3) is 0 Å². The molecule has 0 bridgehead atoms. The number of nitrogens with one attached hydrogen (secondary N) is 2. The summed E-state index contributed by atoms with van der Waals surface area (Å²) in [4.78, 5) is 24.5. The van der Waals surface area contributed by atoms with Gasteiger partial charge < -0.3 is 10.6 Å². The number of carbonyl (C=O) groups excluding carboxylic acids is 2. The normalized spacial score (nSPS) is 11.6. The van der Waals surface area contributed by atoms with Crippen LogP contribution in [0.2, 0.25) is 5.02 Å². The van der Waals surface area contributed by atoms with Gasteiger partial charge in [-0.15, -0.1) is 0 Å². The monoisotopic (exact) mass is 358 g/mol. The van der Waals surface area contributed by atoms with Gasteiger partial charge in [0.2, 0.25) is 0 Å². The van der Waals surface area contributed by atoms with Crippen molar-refractivity contribution in [1.29, 1.82) is 0 Å². The molecule has 0 radical (unpaired) electrons. The van der Waals surface area contributed by atoms with Gasteiger partial charge in [-0.05, 0) is 55.7 Å². The smallest absolute Gasteiger partial charge is 0.251 e. The predicted octanol–water partition coefficient (Wildman–Crippen LogP) is 3.84. The van der Waals surface area contributed by atoms with Crippen LogP contribution in [-0.2, 0) is 6.42 Å². The molecule has 0 aliphatic carbocycles. The first-order chi connectivity index (χ1) is 12.0. The third-order valence-corrected chi connectivity index (χ3v) is 4.20. The molecule has 0 saturated carbocycles. The minimum Gasteiger partial charge on any atom is -0.352 e. The maximum absolute atomic E-state index is 12.3. The zero-order valence-electron chi connectivity index (χ0n) is 14.5. The molecule has 0 heterocycles. The zero-order chi connectivity index (χ0) is 18.2. The Morgan fingerprint density at radius 1 is 1.04 bits per heavy atom. The molecular weight excluding hydrogens is 336 g/mol. The third kappa shape index (κ3) is 5.91. The fraction of sp³-hybridized carbons (Fsp3) is 0.300. The maximum Gasteiger partial charge on any atom is 0.251 e. The van der Waals surface area contributed by atoms with E-state index in [4.69, 9.17) is 11.6 Å². The van der Waals surface area contributed by atoms with E-state index in [2.05, 4.69) is 10.6 Å². The maximum atomic E-state index is 12.3. The first kappa shape index (κ1) is 19.0. The predicted molar refractivity (Wildman–Crippen MR) is 101 cm³/mol. The molecule has 25 heavy (non-hydrogen) atoms. The number of carbonyl (C=O) groups is 2. The molecule has 1 unspecified atom stereocenters. The van der Waals surface area contributed by atoms with E-state index in [1.54, 1.807) is 24.3 Å². The highest BCUT2D eigenvalue weighted by molar-refractivity contribution is 6.30. The zero-order valence-corrected chi connectivity index (χ0v) is 15.3. The second kappa shape index (κ2) is 9.23. The lowest BCUT2D eigenvalue weighted by Gasteiger charge is -2.12. The highest BCUT2D eigenvalue weighted by Gasteiger charge is 2.11. The van der Waals surface area contributed by atoms with Crippen LogP contribution in [0.5, 0.6) is 0 Å². The Morgan fingerprint density at radius 3 is 2.40 bits per heavy atom. The standard InChI is InChI=1S/C20H23ClN2O2/c1-3-14(2)23-20(25)17-8-5-7-16(13-17)19(24)22-11-10-15-6-4-9-18(21)12-15/h4-9,12-14H,3,10-11H2,1-2H3,(H,22,24)(H,23,25). The fourth-order valence-electron chi connectivity index (χ4n) is 2.33. The molecule has 2 amide bonds. The molecule has 2 rings (SSSR count). The van der Waals surface area contributed by atoms with E-state index >= 15 is 0 Å². The molecule has 2 aromatic carbocycles. The minimum atomic E-state index is -0.194. The van der Waals surface area contributed by atoms with Crippen LogP contribution >= 0.6 is 11.6 Å². The van der Waals surface area contributed by atoms with Crippen molar-refractivity contribution in [3.05, 3.63) is 70.2 Å². The number of benzene rings is 2. The van der Waals surface area contributed by atoms with Crippen LogP contribution < -0.4 is 10.6 Å². The van der Waals surface area contributed by atoms with E-state index in [1.807, 2.05) is 38.1 Å². The van der Waals surface area contributed by atoms with Gasteiger partial charge >= 0.3 is 0 Å². The SMILES string of the molecule is CCC(C)NC(=O)c1cccc(C(=O)NCCc2cccc(Cl)c2)c1. The van der Waals surface area contributed by atoms with E-state index in [1.165, 1.54) is 0 Å². The summed E-state index contributed by atoms with van der Waals surface area (Å²) in [5.41, 5.74) is 2.03. The molecule has 132 valence electrons. The highest BCUT2D eigenvalue weighted by Crippen LogP contribution is 2.11. The molecule has 4 nitrogen and oxygen atoms in total. The molecule has 5 heteroatoms. The van der Waals surface area contributed by atoms with Crippen LogP contribution in [0.15, 0.2) is 48.5 Å². The van der Waals surface area contributed by atoms with E-state index in [0.29, 0.717) is 29.1 Å². The van der Waals surface area contributed by atoms with Gasteiger partial charge in [-0.1, -0.05) is 36.7 Å². The molecule has 0 saturated heterocycles. The molecule has 0 aliphatic heterocycles. The third-order valence-electron chi connectivity index (χ3n) is 3.97. The summed E-state index contributed by atoms with van der Waals surface area (Å²) in [7, 11) is 0. The van der Waals surface area contributed by atoms with Gasteiger partial charge in [0.15, 0.2) is 0 Å². The average Bonchev–Trinajstić information content (AvgIpc) is 2.61. The quantitative estimate of drug-likeness (QED) is 0.790. The van der Waals surface area contributed by atoms with Crippen molar-refractivity contribution in [2.75, 3.05) is 6.54 Å². The Hall–Kier alpha value is -2.33. The average molecular weight is 359 g/mol. The Bertz CT molecular complexity index is 746. The number of hydrogen-bond acceptors (Lipinski definition) is 2. The molecule has 1 atom stereocenters. The van der Waals surface area contributed by atoms with E-state index in [-0.39, 0.29) is 17.9 Å². The van der Waals surface area contributed by atoms with Gasteiger partial charge in [-0.25, -0.2) is 0 Å². The Kier molecular flexibility index (Phi) is 7.02. The van der Waals surface area contributed by atoms with Gasteiger partial charge in [-0.3, -0.25) is 9.59 Å². The summed E-state index contributed by atoms with van der Waals surface area (Å²) >= 11 is 5.95. The van der Waals surface area contributed by atoms with E-state index in [9.17, 15) is 9.59 Å². The lowest BCUT2D eigenvalue weighted by atomic mass is 10.1. The molecular formula is C20H23ClN2O2. The number of hydrogen-bond donors (Lipinski definition) is 2. The second-order valence-electron chi connectivity index (χ2n) is 6.00. The Labute approximate surface area is 153 Å². The Balaban J connectivity index is 1.93. The van der Waals surface area contributed by atoms with Crippen molar-refractivity contribution in [2.24, 2.45) is 0 Å². The number of halogens is 1. The summed E-state index contributed by atoms with van der Waals surface area (Å²) in [6, 6.07) is 14.4. The lowest BCUT2D eigenvalue weighted by molar-refractivity contribution is 0.0939. The first-order valence-corrected chi connectivity index (χ1v) is 8.81. The molecule has 2 N–H and O–H groups in total. The van der Waals surface area contributed by atoms with E-state index < -0.39 is 0 Å². The van der Waals surface area contributed by atoms with Crippen LogP contribution in [0.1, 0.15) is 46.5 Å². The summed E-state index contributed by atoms with van der Waals surface area (Å²) in [5.74, 6) is -0.358. The summed E-state index contributed by atoms with van der Waals surface area (Å²) in [5, 5.41) is 6.45. The summed E-state index contributed by atoms with van der Waals surface area (Å²) in [6.07, 6.45) is 1.55. The highest BCUT2D eigenvalue weighted by atomic mass is 35.5. The summed E-state index contributed by atoms with van der Waals surface area (Å²) in [6.45, 7) is 4.46. The van der Waals surface area contributed by atoms with Crippen molar-refractivity contribution < 1.29 is 9.59 Å². The van der Waals surface area contributed by atoms with Crippen molar-refractivity contribution in [2.45, 2.75) is 32.7 Å². The van der Waals surface area contributed by atoms with Crippen LogP contribution in [0.3, 0.4) is 0 Å². The van der Waals surface area contributed by atoms with Crippen molar-refractivity contribution in [1.82, 2.24) is 10.6 Å². The van der Waals surface area contributed by atoms with E-state index in [0.717, 1.165) is 12.0 Å². The molecule has 0 fully saturated rings. The minimum absolute atomic E-state index is 0.0997. The van der Waals surface area contributed by atoms with Crippen LogP contribution in [0.4, 0.5) is 0 Å². The van der Waals surface area contributed by atoms with Gasteiger partial charge in [0.05, 0.1) is 0 Å². The van der Waals surface area contributed by atoms with Crippen LogP contribution in [-0.4, -0.2) is 24.4 Å². The van der Waals surface area contributed by atoms with Gasteiger partial charge in [0.25, 0.3) is 11.8 Å². The number of amides is 2. The van der Waals surface area contributed by atoms with Crippen molar-refractivity contribution >= 4 is 23.4 Å². The summed E-state index contributed by atoms with van der Waals surface area (Å²) < 4.78 is 0. The van der Waals surface area contributed by atoms with Crippen LogP contribution in [0, 0.1) is 0 Å². The first-order valence-electron chi connectivity index (χ1n) is 8.43.